The van der Waals surface area contributed by atoms with E-state index in [4.69, 9.17) is 28.4 Å². The van der Waals surface area contributed by atoms with E-state index in [1.54, 1.807) is 23.9 Å². The molecule has 47 heavy (non-hydrogen) atoms. The molecular weight excluding hydrogens is 616 g/mol. The van der Waals surface area contributed by atoms with Gasteiger partial charge in [-0.3, -0.25) is 0 Å². The van der Waals surface area contributed by atoms with E-state index in [2.05, 4.69) is 26.3 Å². The molecule has 4 aromatic carbocycles. The lowest BCUT2D eigenvalue weighted by Crippen LogP contribution is -2.29. The third-order valence-corrected chi connectivity index (χ3v) is 7.68. The lowest BCUT2D eigenvalue weighted by atomic mass is 10.0. The van der Waals surface area contributed by atoms with Crippen molar-refractivity contribution in [2.75, 3.05) is 39.6 Å². The molecule has 2 unspecified atom stereocenters. The van der Waals surface area contributed by atoms with E-state index in [-0.39, 0.29) is 26.4 Å². The van der Waals surface area contributed by atoms with Gasteiger partial charge in [0, 0.05) is 43.5 Å². The van der Waals surface area contributed by atoms with Gasteiger partial charge >= 0.3 is 11.9 Å². The average Bonchev–Trinajstić information content (AvgIpc) is 3.09. The third kappa shape index (κ3) is 10.1. The van der Waals surface area contributed by atoms with Crippen LogP contribution in [0.4, 0.5) is 0 Å². The van der Waals surface area contributed by atoms with Crippen molar-refractivity contribution in [1.29, 1.82) is 0 Å². The monoisotopic (exact) mass is 654 g/mol. The number of hydrogen-bond acceptors (Lipinski definition) is 9. The number of ether oxygens (including phenoxy) is 6. The van der Waals surface area contributed by atoms with Crippen molar-refractivity contribution < 1.29 is 38.0 Å². The number of benzene rings is 4. The lowest BCUT2D eigenvalue weighted by Gasteiger charge is -2.23. The summed E-state index contributed by atoms with van der Waals surface area (Å²) in [5, 5.41) is 3.12. The molecule has 4 aromatic rings. The number of fused-ring (bicyclic) bond motifs is 2. The van der Waals surface area contributed by atoms with E-state index in [0.717, 1.165) is 43.5 Å². The minimum Gasteiger partial charge on any atom is -0.488 e. The molecule has 4 rings (SSSR count). The molecule has 9 heteroatoms. The van der Waals surface area contributed by atoms with Crippen LogP contribution in [0.5, 0.6) is 11.5 Å². The lowest BCUT2D eigenvalue weighted by molar-refractivity contribution is -0.148. The molecule has 0 radical (unpaired) electrons. The van der Waals surface area contributed by atoms with E-state index in [0.29, 0.717) is 24.7 Å². The maximum Gasteiger partial charge on any atom is 0.330 e. The molecule has 0 bridgehead atoms. The van der Waals surface area contributed by atoms with Crippen LogP contribution >= 0.6 is 11.8 Å². The van der Waals surface area contributed by atoms with E-state index in [9.17, 15) is 9.59 Å². The summed E-state index contributed by atoms with van der Waals surface area (Å²) in [6, 6.07) is 23.8. The van der Waals surface area contributed by atoms with Gasteiger partial charge in [0.1, 0.15) is 24.7 Å². The number of carbonyl (C=O) groups is 2. The normalized spacial score (nSPS) is 12.1. The summed E-state index contributed by atoms with van der Waals surface area (Å²) in [5.74, 6) is 0.0209. The van der Waals surface area contributed by atoms with Crippen LogP contribution in [0.15, 0.2) is 133 Å². The zero-order chi connectivity index (χ0) is 33.4. The summed E-state index contributed by atoms with van der Waals surface area (Å²) in [6.07, 6.45) is 4.04. The Labute approximate surface area is 279 Å². The molecule has 0 saturated heterocycles. The highest BCUT2D eigenvalue weighted by atomic mass is 32.2. The Hall–Kier alpha value is -4.83. The molecule has 0 spiro atoms. The molecule has 8 nitrogen and oxygen atoms in total. The Morgan fingerprint density at radius 3 is 1.60 bits per heavy atom. The third-order valence-electron chi connectivity index (χ3n) is 6.68. The summed E-state index contributed by atoms with van der Waals surface area (Å²) in [5.41, 5.74) is 0. The highest BCUT2D eigenvalue weighted by Gasteiger charge is 2.22. The first-order chi connectivity index (χ1) is 23.0. The highest BCUT2D eigenvalue weighted by molar-refractivity contribution is 7.99. The Bertz CT molecular complexity index is 1700. The number of rotatable bonds is 20. The minimum atomic E-state index is -0.706. The molecular formula is C38H38O8S. The second-order valence-corrected chi connectivity index (χ2v) is 11.3. The first-order valence-corrected chi connectivity index (χ1v) is 15.8. The van der Waals surface area contributed by atoms with Crippen molar-refractivity contribution in [3.63, 3.8) is 0 Å². The van der Waals surface area contributed by atoms with Crippen LogP contribution in [0.3, 0.4) is 0 Å². The zero-order valence-electron chi connectivity index (χ0n) is 26.1. The predicted molar refractivity (Wildman–Crippen MR) is 185 cm³/mol. The van der Waals surface area contributed by atoms with Gasteiger partial charge in [-0.05, 0) is 30.3 Å². The summed E-state index contributed by atoms with van der Waals surface area (Å²) in [4.78, 5) is 26.2. The summed E-state index contributed by atoms with van der Waals surface area (Å²) in [6.45, 7) is 15.2. The molecule has 0 aliphatic heterocycles. The van der Waals surface area contributed by atoms with Gasteiger partial charge in [0.2, 0.25) is 0 Å². The quantitative estimate of drug-likeness (QED) is 0.0316. The fourth-order valence-electron chi connectivity index (χ4n) is 4.65. The highest BCUT2D eigenvalue weighted by Crippen LogP contribution is 2.44. The van der Waals surface area contributed by atoms with E-state index in [1.807, 2.05) is 72.8 Å². The van der Waals surface area contributed by atoms with E-state index >= 15 is 0 Å². The van der Waals surface area contributed by atoms with Gasteiger partial charge in [-0.15, -0.1) is 13.2 Å². The molecule has 0 aliphatic rings. The Kier molecular flexibility index (Phi) is 13.7. The van der Waals surface area contributed by atoms with Crippen LogP contribution in [-0.2, 0) is 28.5 Å². The van der Waals surface area contributed by atoms with Gasteiger partial charge in [-0.1, -0.05) is 79.5 Å². The SMILES string of the molecule is C=CCOCC(COc1c2ccccc2c(OCC(COCC=C)OC(=O)C=C)c2cc(Sc3ccccc3)ccc12)OC(=O)C=C. The summed E-state index contributed by atoms with van der Waals surface area (Å²) < 4.78 is 35.2. The van der Waals surface area contributed by atoms with E-state index in [1.165, 1.54) is 0 Å². The van der Waals surface area contributed by atoms with Crippen molar-refractivity contribution >= 4 is 45.2 Å². The van der Waals surface area contributed by atoms with Crippen molar-refractivity contribution in [2.24, 2.45) is 0 Å². The molecule has 244 valence electrons. The molecule has 0 aromatic heterocycles. The predicted octanol–water partition coefficient (Wildman–Crippen LogP) is 7.50. The Balaban J connectivity index is 1.77. The van der Waals surface area contributed by atoms with E-state index < -0.39 is 24.1 Å². The largest absolute Gasteiger partial charge is 0.488 e. The van der Waals surface area contributed by atoms with Gasteiger partial charge in [-0.25, -0.2) is 9.59 Å². The zero-order valence-corrected chi connectivity index (χ0v) is 27.0. The molecule has 0 fully saturated rings. The molecule has 0 N–H and O–H groups in total. The minimum absolute atomic E-state index is 0.0201. The number of hydrogen-bond donors (Lipinski definition) is 0. The van der Waals surface area contributed by atoms with Gasteiger partial charge in [0.25, 0.3) is 0 Å². The maximum absolute atomic E-state index is 12.1. The number of esters is 2. The van der Waals surface area contributed by atoms with Crippen molar-refractivity contribution in [3.8, 4) is 11.5 Å². The first kappa shape index (κ1) is 35.0. The molecule has 0 heterocycles. The smallest absolute Gasteiger partial charge is 0.330 e. The fourth-order valence-corrected chi connectivity index (χ4v) is 5.53. The van der Waals surface area contributed by atoms with Crippen molar-refractivity contribution in [3.05, 3.63) is 123 Å². The topological polar surface area (TPSA) is 89.5 Å². The van der Waals surface area contributed by atoms with Crippen LogP contribution in [-0.4, -0.2) is 63.8 Å². The van der Waals surface area contributed by atoms with Crippen LogP contribution in [0.2, 0.25) is 0 Å². The van der Waals surface area contributed by atoms with Crippen molar-refractivity contribution in [2.45, 2.75) is 22.0 Å². The molecule has 2 atom stereocenters. The Morgan fingerprint density at radius 2 is 1.09 bits per heavy atom. The van der Waals surface area contributed by atoms with Gasteiger partial charge in [0.05, 0.1) is 26.4 Å². The van der Waals surface area contributed by atoms with Gasteiger partial charge in [0.15, 0.2) is 12.2 Å². The van der Waals surface area contributed by atoms with Gasteiger partial charge in [-0.2, -0.15) is 0 Å². The van der Waals surface area contributed by atoms with Crippen LogP contribution in [0.25, 0.3) is 21.5 Å². The second kappa shape index (κ2) is 18.3. The number of carbonyl (C=O) groups excluding carboxylic acids is 2. The summed E-state index contributed by atoms with van der Waals surface area (Å²) in [7, 11) is 0. The molecule has 0 amide bonds. The van der Waals surface area contributed by atoms with Crippen molar-refractivity contribution in [1.82, 2.24) is 0 Å². The molecule has 0 saturated carbocycles. The second-order valence-electron chi connectivity index (χ2n) is 10.1. The van der Waals surface area contributed by atoms with Crippen LogP contribution < -0.4 is 9.47 Å². The van der Waals surface area contributed by atoms with Crippen LogP contribution in [0.1, 0.15) is 0 Å². The fraction of sp³-hybridized carbons (Fsp3) is 0.211. The van der Waals surface area contributed by atoms with Crippen LogP contribution in [0, 0.1) is 0 Å². The first-order valence-electron chi connectivity index (χ1n) is 15.0. The Morgan fingerprint density at radius 1 is 0.596 bits per heavy atom. The maximum atomic E-state index is 12.1. The standard InChI is InChI=1S/C38H38O8S/c1-5-20-41-23-27(45-35(39)7-3)25-43-37-31-16-12-13-17-32(31)38(44-26-28(24-42-21-6-2)46-36(40)8-4)34-22-30(18-19-33(34)37)47-29-14-10-9-11-15-29/h5-19,22,27-28H,1-4,20-21,23-26H2. The summed E-state index contributed by atoms with van der Waals surface area (Å²) >= 11 is 1.61. The average molecular weight is 655 g/mol. The van der Waals surface area contributed by atoms with Gasteiger partial charge < -0.3 is 28.4 Å². The molecule has 0 aliphatic carbocycles.